The van der Waals surface area contributed by atoms with Crippen LogP contribution in [-0.2, 0) is 0 Å². The molecule has 1 atom stereocenters. The first-order valence-corrected chi connectivity index (χ1v) is 10.6. The van der Waals surface area contributed by atoms with Crippen molar-refractivity contribution in [1.82, 2.24) is 9.61 Å². The molecule has 1 saturated carbocycles. The quantitative estimate of drug-likeness (QED) is 0.461. The van der Waals surface area contributed by atoms with Gasteiger partial charge in [0, 0.05) is 12.1 Å². The number of aromatic nitrogens is 2. The highest BCUT2D eigenvalue weighted by Crippen LogP contribution is 2.35. The molecule has 1 N–H and O–H groups in total. The second-order valence-corrected chi connectivity index (χ2v) is 8.20. The summed E-state index contributed by atoms with van der Waals surface area (Å²) in [6.07, 6.45) is 8.72. The minimum absolute atomic E-state index is 0.656. The van der Waals surface area contributed by atoms with Crippen LogP contribution in [0.2, 0.25) is 5.02 Å². The molecule has 1 aliphatic rings. The molecule has 148 valence electrons. The molecule has 4 rings (SSSR count). The van der Waals surface area contributed by atoms with Crippen LogP contribution in [0.5, 0.6) is 5.75 Å². The van der Waals surface area contributed by atoms with Crippen molar-refractivity contribution < 1.29 is 4.74 Å². The van der Waals surface area contributed by atoms with Crippen molar-refractivity contribution in [3.8, 4) is 17.0 Å². The van der Waals surface area contributed by atoms with Gasteiger partial charge < -0.3 is 10.1 Å². The van der Waals surface area contributed by atoms with Crippen LogP contribution >= 0.6 is 11.6 Å². The highest BCUT2D eigenvalue weighted by Gasteiger charge is 2.22. The first-order chi connectivity index (χ1) is 13.7. The summed E-state index contributed by atoms with van der Waals surface area (Å²) in [5.41, 5.74) is 4.07. The number of anilines is 1. The van der Waals surface area contributed by atoms with E-state index in [1.807, 2.05) is 35.0 Å². The van der Waals surface area contributed by atoms with Crippen LogP contribution in [0.15, 0.2) is 42.6 Å². The molecule has 0 bridgehead atoms. The van der Waals surface area contributed by atoms with Crippen LogP contribution in [0.3, 0.4) is 0 Å². The molecule has 2 aromatic heterocycles. The molecule has 3 aromatic rings. The third kappa shape index (κ3) is 4.12. The number of ether oxygens (including phenoxy) is 1. The minimum Gasteiger partial charge on any atom is -0.497 e. The molecule has 0 aliphatic heterocycles. The normalized spacial score (nSPS) is 15.0. The largest absolute Gasteiger partial charge is 0.497 e. The number of nitrogens with one attached hydrogen (secondary N) is 1. The molecule has 1 aromatic carbocycles. The molecule has 0 saturated heterocycles. The maximum absolute atomic E-state index is 6.50. The maximum Gasteiger partial charge on any atom is 0.120 e. The zero-order valence-electron chi connectivity index (χ0n) is 16.6. The second-order valence-electron chi connectivity index (χ2n) is 7.79. The Kier molecular flexibility index (Phi) is 5.77. The lowest BCUT2D eigenvalue weighted by Crippen LogP contribution is -2.13. The molecule has 28 heavy (non-hydrogen) atoms. The Morgan fingerprint density at radius 1 is 1.29 bits per heavy atom. The van der Waals surface area contributed by atoms with E-state index in [2.05, 4.69) is 29.5 Å². The van der Waals surface area contributed by atoms with Gasteiger partial charge in [-0.3, -0.25) is 0 Å². The standard InChI is InChI=1S/C23H28ClN3O/c1-3-16(7-8-17-9-10-17)14-25-21-15-26-27-22(5-4-6-23(21)27)19-12-11-18(28-2)13-20(19)24/h4-6,11-13,15-17,25H,3,7-10,14H2,1-2H3. The average molecular weight is 398 g/mol. The van der Waals surface area contributed by atoms with Gasteiger partial charge in [-0.1, -0.05) is 50.3 Å². The van der Waals surface area contributed by atoms with Crippen molar-refractivity contribution in [2.45, 2.75) is 39.0 Å². The number of methoxy groups -OCH3 is 1. The second kappa shape index (κ2) is 8.44. The predicted molar refractivity (Wildman–Crippen MR) is 116 cm³/mol. The summed E-state index contributed by atoms with van der Waals surface area (Å²) in [6, 6.07) is 11.9. The van der Waals surface area contributed by atoms with Gasteiger partial charge in [0.1, 0.15) is 5.75 Å². The molecular weight excluding hydrogens is 370 g/mol. The number of benzene rings is 1. The van der Waals surface area contributed by atoms with Crippen LogP contribution in [-0.4, -0.2) is 23.3 Å². The Morgan fingerprint density at radius 3 is 2.86 bits per heavy atom. The highest BCUT2D eigenvalue weighted by molar-refractivity contribution is 6.33. The lowest BCUT2D eigenvalue weighted by molar-refractivity contribution is 0.415. The lowest BCUT2D eigenvalue weighted by atomic mass is 9.98. The van der Waals surface area contributed by atoms with E-state index in [-0.39, 0.29) is 0 Å². The fraction of sp³-hybridized carbons (Fsp3) is 0.435. The first-order valence-electron chi connectivity index (χ1n) is 10.2. The van der Waals surface area contributed by atoms with E-state index in [1.165, 1.54) is 32.1 Å². The zero-order valence-corrected chi connectivity index (χ0v) is 17.4. The molecule has 1 aliphatic carbocycles. The van der Waals surface area contributed by atoms with E-state index in [4.69, 9.17) is 16.3 Å². The fourth-order valence-corrected chi connectivity index (χ4v) is 4.03. The summed E-state index contributed by atoms with van der Waals surface area (Å²) in [5.74, 6) is 2.47. The summed E-state index contributed by atoms with van der Waals surface area (Å²) >= 11 is 6.50. The van der Waals surface area contributed by atoms with Crippen LogP contribution in [0.1, 0.15) is 39.0 Å². The van der Waals surface area contributed by atoms with Gasteiger partial charge in [-0.05, 0) is 48.6 Å². The number of hydrogen-bond donors (Lipinski definition) is 1. The average Bonchev–Trinajstić information content (AvgIpc) is 3.46. The number of pyridine rings is 1. The van der Waals surface area contributed by atoms with Gasteiger partial charge in [0.05, 0.1) is 35.2 Å². The first kappa shape index (κ1) is 19.1. The van der Waals surface area contributed by atoms with Gasteiger partial charge in [-0.2, -0.15) is 5.10 Å². The van der Waals surface area contributed by atoms with Crippen molar-refractivity contribution in [3.05, 3.63) is 47.6 Å². The van der Waals surface area contributed by atoms with Gasteiger partial charge in [0.25, 0.3) is 0 Å². The summed E-state index contributed by atoms with van der Waals surface area (Å²) in [6.45, 7) is 3.29. The molecule has 0 radical (unpaired) electrons. The smallest absolute Gasteiger partial charge is 0.120 e. The fourth-order valence-electron chi connectivity index (χ4n) is 3.76. The Labute approximate surface area is 171 Å². The van der Waals surface area contributed by atoms with E-state index in [1.54, 1.807) is 7.11 Å². The van der Waals surface area contributed by atoms with Crippen LogP contribution in [0.25, 0.3) is 16.8 Å². The summed E-state index contributed by atoms with van der Waals surface area (Å²) < 4.78 is 7.22. The molecule has 1 unspecified atom stereocenters. The van der Waals surface area contributed by atoms with Gasteiger partial charge in [-0.25, -0.2) is 4.52 Å². The minimum atomic E-state index is 0.656. The van der Waals surface area contributed by atoms with E-state index in [9.17, 15) is 0 Å². The van der Waals surface area contributed by atoms with E-state index < -0.39 is 0 Å². The third-order valence-electron chi connectivity index (χ3n) is 5.83. The number of rotatable bonds is 9. The monoisotopic (exact) mass is 397 g/mol. The Hall–Kier alpha value is -2.20. The van der Waals surface area contributed by atoms with E-state index >= 15 is 0 Å². The number of fused-ring (bicyclic) bond motifs is 1. The van der Waals surface area contributed by atoms with Crippen molar-refractivity contribution in [3.63, 3.8) is 0 Å². The van der Waals surface area contributed by atoms with Gasteiger partial charge in [0.2, 0.25) is 0 Å². The Morgan fingerprint density at radius 2 is 2.14 bits per heavy atom. The topological polar surface area (TPSA) is 38.6 Å². The summed E-state index contributed by atoms with van der Waals surface area (Å²) in [4.78, 5) is 0. The number of nitrogens with zero attached hydrogens (tertiary/aromatic N) is 2. The van der Waals surface area contributed by atoms with Gasteiger partial charge in [-0.15, -0.1) is 0 Å². The molecule has 2 heterocycles. The van der Waals surface area contributed by atoms with Crippen molar-refractivity contribution in [2.24, 2.45) is 11.8 Å². The molecular formula is C23H28ClN3O. The number of hydrogen-bond acceptors (Lipinski definition) is 3. The van der Waals surface area contributed by atoms with Crippen molar-refractivity contribution in [1.29, 1.82) is 0 Å². The SMILES string of the molecule is CCC(CCC1CC1)CNc1cnn2c(-c3ccc(OC)cc3Cl)cccc12. The summed E-state index contributed by atoms with van der Waals surface area (Å²) in [5, 5.41) is 8.92. The van der Waals surface area contributed by atoms with Crippen molar-refractivity contribution >= 4 is 22.8 Å². The zero-order chi connectivity index (χ0) is 19.5. The van der Waals surface area contributed by atoms with Gasteiger partial charge in [0.15, 0.2) is 0 Å². The third-order valence-corrected chi connectivity index (χ3v) is 6.15. The van der Waals surface area contributed by atoms with Gasteiger partial charge >= 0.3 is 0 Å². The molecule has 4 nitrogen and oxygen atoms in total. The molecule has 0 amide bonds. The summed E-state index contributed by atoms with van der Waals surface area (Å²) in [7, 11) is 1.64. The maximum atomic E-state index is 6.50. The van der Waals surface area contributed by atoms with Crippen molar-refractivity contribution in [2.75, 3.05) is 19.0 Å². The molecule has 1 fully saturated rings. The van der Waals surface area contributed by atoms with E-state index in [0.717, 1.165) is 46.6 Å². The molecule has 0 spiro atoms. The van der Waals surface area contributed by atoms with Crippen LogP contribution in [0, 0.1) is 11.8 Å². The van der Waals surface area contributed by atoms with Crippen LogP contribution < -0.4 is 10.1 Å². The number of halogens is 1. The Bertz CT molecular complexity index is 948. The predicted octanol–water partition coefficient (Wildman–Crippen LogP) is 6.29. The lowest BCUT2D eigenvalue weighted by Gasteiger charge is -2.16. The van der Waals surface area contributed by atoms with Crippen LogP contribution in [0.4, 0.5) is 5.69 Å². The molecule has 5 heteroatoms. The Balaban J connectivity index is 1.54. The van der Waals surface area contributed by atoms with E-state index in [0.29, 0.717) is 5.02 Å². The highest BCUT2D eigenvalue weighted by atomic mass is 35.5.